The highest BCUT2D eigenvalue weighted by Crippen LogP contribution is 2.18. The molecule has 0 aromatic carbocycles. The fraction of sp³-hybridized carbons (Fsp3) is 0.667. The molecule has 15 heavy (non-hydrogen) atoms. The highest BCUT2D eigenvalue weighted by Gasteiger charge is 2.18. The highest BCUT2D eigenvalue weighted by atomic mass is 16.5. The van der Waals surface area contributed by atoms with Gasteiger partial charge in [0.05, 0.1) is 18.5 Å². The summed E-state index contributed by atoms with van der Waals surface area (Å²) < 4.78 is 10.8. The lowest BCUT2D eigenvalue weighted by atomic mass is 10.0. The predicted octanol–water partition coefficient (Wildman–Crippen LogP) is 2.14. The van der Waals surface area contributed by atoms with Crippen LogP contribution in [0, 0.1) is 0 Å². The number of hydrogen-bond donors (Lipinski definition) is 1. The maximum absolute atomic E-state index is 9.83. The molecule has 0 bridgehead atoms. The molecule has 0 aliphatic carbocycles. The summed E-state index contributed by atoms with van der Waals surface area (Å²) in [5.74, 6) is 0.846. The molecule has 1 fully saturated rings. The van der Waals surface area contributed by atoms with Gasteiger partial charge >= 0.3 is 0 Å². The zero-order valence-corrected chi connectivity index (χ0v) is 8.89. The Labute approximate surface area is 90.0 Å². The largest absolute Gasteiger partial charge is 0.469 e. The number of rotatable bonds is 4. The van der Waals surface area contributed by atoms with Gasteiger partial charge in [-0.3, -0.25) is 0 Å². The molecule has 0 radical (unpaired) electrons. The van der Waals surface area contributed by atoms with Crippen LogP contribution < -0.4 is 0 Å². The van der Waals surface area contributed by atoms with E-state index in [1.54, 1.807) is 6.26 Å². The van der Waals surface area contributed by atoms with Gasteiger partial charge in [-0.15, -0.1) is 0 Å². The Morgan fingerprint density at radius 2 is 2.40 bits per heavy atom. The van der Waals surface area contributed by atoms with Crippen molar-refractivity contribution in [3.05, 3.63) is 24.2 Å². The van der Waals surface area contributed by atoms with E-state index in [-0.39, 0.29) is 12.2 Å². The minimum atomic E-state index is -0.348. The van der Waals surface area contributed by atoms with Crippen LogP contribution in [0.3, 0.4) is 0 Å². The van der Waals surface area contributed by atoms with Crippen LogP contribution in [0.1, 0.15) is 31.4 Å². The molecule has 1 N–H and O–H groups in total. The van der Waals surface area contributed by atoms with E-state index in [9.17, 15) is 5.11 Å². The van der Waals surface area contributed by atoms with Crippen LogP contribution in [0.25, 0.3) is 0 Å². The molecular weight excluding hydrogens is 192 g/mol. The first-order chi connectivity index (χ1) is 7.34. The second-order valence-corrected chi connectivity index (χ2v) is 4.16. The average Bonchev–Trinajstić information content (AvgIpc) is 2.71. The summed E-state index contributed by atoms with van der Waals surface area (Å²) in [5.41, 5.74) is 0. The van der Waals surface area contributed by atoms with E-state index in [1.165, 1.54) is 6.42 Å². The molecule has 2 heterocycles. The van der Waals surface area contributed by atoms with Crippen LogP contribution in [0.4, 0.5) is 0 Å². The van der Waals surface area contributed by atoms with Crippen molar-refractivity contribution < 1.29 is 14.3 Å². The van der Waals surface area contributed by atoms with Crippen LogP contribution in [-0.4, -0.2) is 23.9 Å². The lowest BCUT2D eigenvalue weighted by Crippen LogP contribution is -2.25. The Morgan fingerprint density at radius 1 is 1.47 bits per heavy atom. The van der Waals surface area contributed by atoms with E-state index in [0.29, 0.717) is 6.42 Å². The molecule has 1 saturated heterocycles. The lowest BCUT2D eigenvalue weighted by Gasteiger charge is -2.24. The molecule has 1 aliphatic rings. The summed E-state index contributed by atoms with van der Waals surface area (Å²) in [6, 6.07) is 3.74. The van der Waals surface area contributed by atoms with E-state index in [1.807, 2.05) is 12.1 Å². The molecular formula is C12H18O3. The van der Waals surface area contributed by atoms with Gasteiger partial charge < -0.3 is 14.3 Å². The van der Waals surface area contributed by atoms with Crippen molar-refractivity contribution in [2.45, 2.75) is 44.3 Å². The smallest absolute Gasteiger partial charge is 0.106 e. The van der Waals surface area contributed by atoms with Gasteiger partial charge in [-0.1, -0.05) is 0 Å². The number of ether oxygens (including phenoxy) is 1. The Hall–Kier alpha value is -0.800. The first-order valence-corrected chi connectivity index (χ1v) is 5.66. The van der Waals surface area contributed by atoms with Crippen molar-refractivity contribution in [1.29, 1.82) is 0 Å². The van der Waals surface area contributed by atoms with Gasteiger partial charge in [-0.05, 0) is 37.8 Å². The van der Waals surface area contributed by atoms with Crippen molar-refractivity contribution in [2.24, 2.45) is 0 Å². The summed E-state index contributed by atoms with van der Waals surface area (Å²) in [4.78, 5) is 0. The fourth-order valence-electron chi connectivity index (χ4n) is 2.04. The van der Waals surface area contributed by atoms with Crippen molar-refractivity contribution >= 4 is 0 Å². The molecule has 3 heteroatoms. The molecule has 1 aliphatic heterocycles. The number of aliphatic hydroxyl groups excluding tert-OH is 1. The van der Waals surface area contributed by atoms with Gasteiger partial charge in [0, 0.05) is 13.0 Å². The van der Waals surface area contributed by atoms with E-state index in [4.69, 9.17) is 9.15 Å². The monoisotopic (exact) mass is 210 g/mol. The van der Waals surface area contributed by atoms with Crippen molar-refractivity contribution in [3.8, 4) is 0 Å². The number of aliphatic hydroxyl groups is 1. The van der Waals surface area contributed by atoms with Crippen LogP contribution in [0.2, 0.25) is 0 Å². The van der Waals surface area contributed by atoms with E-state index < -0.39 is 0 Å². The topological polar surface area (TPSA) is 42.6 Å². The van der Waals surface area contributed by atoms with E-state index in [0.717, 1.165) is 31.6 Å². The second kappa shape index (κ2) is 5.33. The number of furan rings is 1. The Bertz CT molecular complexity index is 262. The molecule has 2 rings (SSSR count). The average molecular weight is 210 g/mol. The van der Waals surface area contributed by atoms with Gasteiger partial charge in [0.15, 0.2) is 0 Å². The fourth-order valence-corrected chi connectivity index (χ4v) is 2.04. The second-order valence-electron chi connectivity index (χ2n) is 4.16. The standard InChI is InChI=1S/C12H18O3/c13-10(9-12-5-3-7-15-12)8-11-4-1-2-6-14-11/h3,5,7,10-11,13H,1-2,4,6,8-9H2. The van der Waals surface area contributed by atoms with Crippen LogP contribution in [-0.2, 0) is 11.2 Å². The Morgan fingerprint density at radius 3 is 3.07 bits per heavy atom. The Balaban J connectivity index is 1.74. The highest BCUT2D eigenvalue weighted by molar-refractivity contribution is 4.99. The molecule has 84 valence electrons. The molecule has 0 spiro atoms. The van der Waals surface area contributed by atoms with E-state index in [2.05, 4.69) is 0 Å². The molecule has 1 aromatic rings. The lowest BCUT2D eigenvalue weighted by molar-refractivity contribution is -0.0155. The molecule has 1 aromatic heterocycles. The summed E-state index contributed by atoms with van der Waals surface area (Å²) >= 11 is 0. The predicted molar refractivity (Wildman–Crippen MR) is 56.6 cm³/mol. The maximum atomic E-state index is 9.83. The molecule has 0 saturated carbocycles. The van der Waals surface area contributed by atoms with Gasteiger partial charge in [-0.2, -0.15) is 0 Å². The third kappa shape index (κ3) is 3.36. The van der Waals surface area contributed by atoms with Crippen LogP contribution in [0.5, 0.6) is 0 Å². The van der Waals surface area contributed by atoms with Crippen molar-refractivity contribution in [1.82, 2.24) is 0 Å². The molecule has 2 unspecified atom stereocenters. The third-order valence-electron chi connectivity index (χ3n) is 2.83. The first kappa shape index (κ1) is 10.7. The van der Waals surface area contributed by atoms with Crippen LogP contribution in [0.15, 0.2) is 22.8 Å². The van der Waals surface area contributed by atoms with Crippen molar-refractivity contribution in [3.63, 3.8) is 0 Å². The maximum Gasteiger partial charge on any atom is 0.106 e. The van der Waals surface area contributed by atoms with Gasteiger partial charge in [0.25, 0.3) is 0 Å². The zero-order chi connectivity index (χ0) is 10.5. The summed E-state index contributed by atoms with van der Waals surface area (Å²) in [6.07, 6.45) is 6.30. The Kier molecular flexibility index (Phi) is 3.80. The third-order valence-corrected chi connectivity index (χ3v) is 2.83. The SMILES string of the molecule is OC(Cc1ccco1)CC1CCCCO1. The molecule has 3 nitrogen and oxygen atoms in total. The summed E-state index contributed by atoms with van der Waals surface area (Å²) in [7, 11) is 0. The molecule has 0 amide bonds. The first-order valence-electron chi connectivity index (χ1n) is 5.66. The zero-order valence-electron chi connectivity index (χ0n) is 8.89. The van der Waals surface area contributed by atoms with Crippen LogP contribution >= 0.6 is 0 Å². The summed E-state index contributed by atoms with van der Waals surface area (Å²) in [5, 5.41) is 9.83. The summed E-state index contributed by atoms with van der Waals surface area (Å²) in [6.45, 7) is 0.845. The van der Waals surface area contributed by atoms with E-state index >= 15 is 0 Å². The quantitative estimate of drug-likeness (QED) is 0.828. The minimum absolute atomic E-state index is 0.240. The van der Waals surface area contributed by atoms with Gasteiger partial charge in [0.1, 0.15) is 5.76 Å². The van der Waals surface area contributed by atoms with Gasteiger partial charge in [-0.25, -0.2) is 0 Å². The minimum Gasteiger partial charge on any atom is -0.469 e. The van der Waals surface area contributed by atoms with Gasteiger partial charge in [0.2, 0.25) is 0 Å². The van der Waals surface area contributed by atoms with Crippen molar-refractivity contribution in [2.75, 3.05) is 6.61 Å². The normalized spacial score (nSPS) is 23.9. The molecule has 2 atom stereocenters. The number of hydrogen-bond acceptors (Lipinski definition) is 3.